The summed E-state index contributed by atoms with van der Waals surface area (Å²) in [5, 5.41) is 2.88. The van der Waals surface area contributed by atoms with Crippen LogP contribution in [0.5, 0.6) is 5.75 Å². The second-order valence-corrected chi connectivity index (χ2v) is 5.36. The molecule has 3 nitrogen and oxygen atoms in total. The number of hydrogen-bond acceptors (Lipinski definition) is 2. The number of carbonyl (C=O) groups excluding carboxylic acids is 1. The lowest BCUT2D eigenvalue weighted by atomic mass is 10.1. The highest BCUT2D eigenvalue weighted by Gasteiger charge is 2.03. The van der Waals surface area contributed by atoms with Crippen molar-refractivity contribution in [2.24, 2.45) is 0 Å². The van der Waals surface area contributed by atoms with Crippen LogP contribution in [0.15, 0.2) is 48.5 Å². The Labute approximate surface area is 132 Å². The molecule has 22 heavy (non-hydrogen) atoms. The second kappa shape index (κ2) is 8.23. The van der Waals surface area contributed by atoms with Gasteiger partial charge in [0.25, 0.3) is 0 Å². The average Bonchev–Trinajstić information content (AvgIpc) is 2.52. The summed E-state index contributed by atoms with van der Waals surface area (Å²) in [6.07, 6.45) is 1.43. The Morgan fingerprint density at radius 3 is 2.50 bits per heavy atom. The topological polar surface area (TPSA) is 38.3 Å². The molecule has 0 saturated carbocycles. The largest absolute Gasteiger partial charge is 0.492 e. The van der Waals surface area contributed by atoms with Crippen molar-refractivity contribution < 1.29 is 9.53 Å². The lowest BCUT2D eigenvalue weighted by molar-refractivity contribution is -0.120. The third-order valence-electron chi connectivity index (χ3n) is 3.48. The highest BCUT2D eigenvalue weighted by molar-refractivity contribution is 5.78. The summed E-state index contributed by atoms with van der Waals surface area (Å²) in [4.78, 5) is 11.9. The lowest BCUT2D eigenvalue weighted by Gasteiger charge is -2.08. The minimum Gasteiger partial charge on any atom is -0.492 e. The van der Waals surface area contributed by atoms with Crippen molar-refractivity contribution in [1.29, 1.82) is 0 Å². The molecule has 3 heteroatoms. The Morgan fingerprint density at radius 1 is 1.09 bits per heavy atom. The van der Waals surface area contributed by atoms with Gasteiger partial charge in [0.1, 0.15) is 12.4 Å². The molecule has 0 fully saturated rings. The number of benzene rings is 2. The van der Waals surface area contributed by atoms with Crippen molar-refractivity contribution in [2.45, 2.75) is 26.7 Å². The van der Waals surface area contributed by atoms with E-state index in [9.17, 15) is 4.79 Å². The Morgan fingerprint density at radius 2 is 1.82 bits per heavy atom. The van der Waals surface area contributed by atoms with Crippen molar-refractivity contribution in [3.05, 3.63) is 65.2 Å². The molecule has 116 valence electrons. The average molecular weight is 297 g/mol. The first kappa shape index (κ1) is 16.1. The Hall–Kier alpha value is -2.29. The van der Waals surface area contributed by atoms with Gasteiger partial charge in [-0.2, -0.15) is 0 Å². The number of rotatable bonds is 7. The van der Waals surface area contributed by atoms with Gasteiger partial charge in [0.2, 0.25) is 5.91 Å². The molecular weight excluding hydrogens is 274 g/mol. The molecule has 1 amide bonds. The van der Waals surface area contributed by atoms with E-state index in [4.69, 9.17) is 4.74 Å². The first-order valence-corrected chi connectivity index (χ1v) is 7.71. The van der Waals surface area contributed by atoms with E-state index in [0.29, 0.717) is 19.6 Å². The summed E-state index contributed by atoms with van der Waals surface area (Å²) >= 11 is 0. The molecule has 0 heterocycles. The van der Waals surface area contributed by atoms with Crippen LogP contribution in [0.2, 0.25) is 0 Å². The molecule has 0 aliphatic carbocycles. The number of aryl methyl sites for hydroxylation is 2. The van der Waals surface area contributed by atoms with E-state index in [1.807, 2.05) is 43.3 Å². The zero-order valence-electron chi connectivity index (χ0n) is 13.3. The van der Waals surface area contributed by atoms with E-state index in [2.05, 4.69) is 24.4 Å². The fourth-order valence-corrected chi connectivity index (χ4v) is 2.21. The molecule has 0 aliphatic heterocycles. The van der Waals surface area contributed by atoms with Gasteiger partial charge in [-0.15, -0.1) is 0 Å². The van der Waals surface area contributed by atoms with Gasteiger partial charge in [-0.1, -0.05) is 43.3 Å². The third kappa shape index (κ3) is 5.24. The monoisotopic (exact) mass is 297 g/mol. The number of carbonyl (C=O) groups is 1. The highest BCUT2D eigenvalue weighted by atomic mass is 16.5. The van der Waals surface area contributed by atoms with Gasteiger partial charge < -0.3 is 10.1 Å². The van der Waals surface area contributed by atoms with Crippen molar-refractivity contribution in [1.82, 2.24) is 5.32 Å². The van der Waals surface area contributed by atoms with Gasteiger partial charge >= 0.3 is 0 Å². The highest BCUT2D eigenvalue weighted by Crippen LogP contribution is 2.11. The van der Waals surface area contributed by atoms with Gasteiger partial charge in [-0.05, 0) is 42.2 Å². The minimum absolute atomic E-state index is 0.0251. The fourth-order valence-electron chi connectivity index (χ4n) is 2.21. The normalized spacial score (nSPS) is 10.3. The SMILES string of the molecule is CCc1ccc(CC(=O)NCCOc2cccc(C)c2)cc1. The zero-order valence-corrected chi connectivity index (χ0v) is 13.3. The summed E-state index contributed by atoms with van der Waals surface area (Å²) in [5.41, 5.74) is 3.49. The third-order valence-corrected chi connectivity index (χ3v) is 3.48. The number of hydrogen-bond donors (Lipinski definition) is 1. The smallest absolute Gasteiger partial charge is 0.224 e. The van der Waals surface area contributed by atoms with Crippen LogP contribution in [0.1, 0.15) is 23.6 Å². The Kier molecular flexibility index (Phi) is 6.01. The van der Waals surface area contributed by atoms with Crippen molar-refractivity contribution in [2.75, 3.05) is 13.2 Å². The predicted molar refractivity (Wildman–Crippen MR) is 89.2 cm³/mol. The summed E-state index contributed by atoms with van der Waals surface area (Å²) in [6.45, 7) is 5.14. The van der Waals surface area contributed by atoms with Crippen LogP contribution >= 0.6 is 0 Å². The Bertz CT molecular complexity index is 605. The minimum atomic E-state index is 0.0251. The molecule has 0 spiro atoms. The van der Waals surface area contributed by atoms with Crippen molar-refractivity contribution >= 4 is 5.91 Å². The molecule has 0 radical (unpaired) electrons. The molecule has 0 aliphatic rings. The summed E-state index contributed by atoms with van der Waals surface area (Å²) in [5.74, 6) is 0.862. The number of amides is 1. The van der Waals surface area contributed by atoms with Crippen molar-refractivity contribution in [3.8, 4) is 5.75 Å². The second-order valence-electron chi connectivity index (χ2n) is 5.36. The maximum Gasteiger partial charge on any atom is 0.224 e. The quantitative estimate of drug-likeness (QED) is 0.796. The van der Waals surface area contributed by atoms with Crippen LogP contribution in [-0.2, 0) is 17.6 Å². The maximum absolute atomic E-state index is 11.9. The van der Waals surface area contributed by atoms with Gasteiger partial charge in [0.15, 0.2) is 0 Å². The van der Waals surface area contributed by atoms with Crippen LogP contribution in [0.3, 0.4) is 0 Å². The first-order chi connectivity index (χ1) is 10.7. The standard InChI is InChI=1S/C19H23NO2/c1-3-16-7-9-17(10-8-16)14-19(21)20-11-12-22-18-6-4-5-15(2)13-18/h4-10,13H,3,11-12,14H2,1-2H3,(H,20,21). The molecule has 2 aromatic rings. The molecule has 0 bridgehead atoms. The van der Waals surface area contributed by atoms with Crippen LogP contribution in [0.25, 0.3) is 0 Å². The first-order valence-electron chi connectivity index (χ1n) is 7.71. The maximum atomic E-state index is 11.9. The van der Waals surface area contributed by atoms with E-state index >= 15 is 0 Å². The molecule has 1 N–H and O–H groups in total. The fraction of sp³-hybridized carbons (Fsp3) is 0.316. The van der Waals surface area contributed by atoms with E-state index in [0.717, 1.165) is 23.3 Å². The molecule has 2 rings (SSSR count). The van der Waals surface area contributed by atoms with Gasteiger partial charge in [-0.3, -0.25) is 4.79 Å². The van der Waals surface area contributed by atoms with Crippen LogP contribution in [-0.4, -0.2) is 19.1 Å². The van der Waals surface area contributed by atoms with E-state index in [-0.39, 0.29) is 5.91 Å². The molecule has 0 unspecified atom stereocenters. The number of nitrogens with one attached hydrogen (secondary N) is 1. The molecule has 0 saturated heterocycles. The molecular formula is C19H23NO2. The van der Waals surface area contributed by atoms with Crippen LogP contribution in [0, 0.1) is 6.92 Å². The van der Waals surface area contributed by atoms with E-state index in [1.165, 1.54) is 5.56 Å². The zero-order chi connectivity index (χ0) is 15.8. The lowest BCUT2D eigenvalue weighted by Crippen LogP contribution is -2.29. The van der Waals surface area contributed by atoms with Crippen molar-refractivity contribution in [3.63, 3.8) is 0 Å². The van der Waals surface area contributed by atoms with Gasteiger partial charge in [-0.25, -0.2) is 0 Å². The van der Waals surface area contributed by atoms with Gasteiger partial charge in [0, 0.05) is 0 Å². The van der Waals surface area contributed by atoms with E-state index < -0.39 is 0 Å². The van der Waals surface area contributed by atoms with Gasteiger partial charge in [0.05, 0.1) is 13.0 Å². The molecule has 0 atom stereocenters. The van der Waals surface area contributed by atoms with E-state index in [1.54, 1.807) is 0 Å². The number of ether oxygens (including phenoxy) is 1. The molecule has 0 aromatic heterocycles. The summed E-state index contributed by atoms with van der Waals surface area (Å²) < 4.78 is 5.60. The van der Waals surface area contributed by atoms with Crippen LogP contribution < -0.4 is 10.1 Å². The Balaban J connectivity index is 1.69. The predicted octanol–water partition coefficient (Wildman–Crippen LogP) is 3.30. The summed E-state index contributed by atoms with van der Waals surface area (Å²) in [7, 11) is 0. The van der Waals surface area contributed by atoms with Crippen LogP contribution in [0.4, 0.5) is 0 Å². The molecule has 2 aromatic carbocycles. The summed E-state index contributed by atoms with van der Waals surface area (Å²) in [6, 6.07) is 16.1.